The molecule has 0 saturated carbocycles. The first kappa shape index (κ1) is 17.7. The maximum atomic E-state index is 13.3. The monoisotopic (exact) mass is 357 g/mol. The smallest absolute Gasteiger partial charge is 0.262 e. The molecule has 0 aromatic heterocycles. The lowest BCUT2D eigenvalue weighted by Crippen LogP contribution is -2.31. The highest BCUT2D eigenvalue weighted by molar-refractivity contribution is 7.99. The summed E-state index contributed by atoms with van der Waals surface area (Å²) < 4.78 is 10.8. The molecule has 1 atom stereocenters. The van der Waals surface area contributed by atoms with E-state index in [1.807, 2.05) is 11.0 Å². The van der Waals surface area contributed by atoms with Crippen LogP contribution >= 0.6 is 11.8 Å². The van der Waals surface area contributed by atoms with Crippen LogP contribution in [0.15, 0.2) is 36.4 Å². The van der Waals surface area contributed by atoms with E-state index < -0.39 is 0 Å². The molecule has 2 aromatic carbocycles. The number of hydrogen-bond donors (Lipinski definition) is 0. The first-order chi connectivity index (χ1) is 12.1. The molecule has 1 aliphatic heterocycles. The van der Waals surface area contributed by atoms with Crippen molar-refractivity contribution in [2.75, 3.05) is 26.5 Å². The number of methoxy groups -OCH3 is 2. The summed E-state index contributed by atoms with van der Waals surface area (Å²) in [7, 11) is 3.15. The molecule has 4 nitrogen and oxygen atoms in total. The van der Waals surface area contributed by atoms with E-state index in [0.717, 1.165) is 5.75 Å². The fourth-order valence-corrected chi connectivity index (χ4v) is 4.59. The van der Waals surface area contributed by atoms with Crippen LogP contribution < -0.4 is 9.47 Å². The quantitative estimate of drug-likeness (QED) is 0.822. The summed E-state index contributed by atoms with van der Waals surface area (Å²) in [5.74, 6) is 1.95. The van der Waals surface area contributed by atoms with Crippen LogP contribution in [0.5, 0.6) is 11.5 Å². The number of amides is 1. The van der Waals surface area contributed by atoms with Gasteiger partial charge in [0.2, 0.25) is 0 Å². The molecular weight excluding hydrogens is 334 g/mol. The van der Waals surface area contributed by atoms with Gasteiger partial charge in [-0.25, -0.2) is 0 Å². The second-order valence-electron chi connectivity index (χ2n) is 6.12. The molecule has 1 aliphatic rings. The number of thioether (sulfide) groups is 1. The number of hydrogen-bond acceptors (Lipinski definition) is 4. The third-order valence-electron chi connectivity index (χ3n) is 4.48. The second kappa shape index (κ2) is 7.40. The van der Waals surface area contributed by atoms with Gasteiger partial charge < -0.3 is 14.4 Å². The molecule has 1 amide bonds. The number of ether oxygens (including phenoxy) is 2. The highest BCUT2D eigenvalue weighted by Gasteiger charge is 2.34. The van der Waals surface area contributed by atoms with Crippen molar-refractivity contribution in [2.24, 2.45) is 0 Å². The van der Waals surface area contributed by atoms with Crippen LogP contribution in [0, 0.1) is 13.8 Å². The van der Waals surface area contributed by atoms with Gasteiger partial charge in [-0.3, -0.25) is 4.79 Å². The molecular formula is C20H23NO3S. The lowest BCUT2D eigenvalue weighted by Gasteiger charge is -2.27. The van der Waals surface area contributed by atoms with Crippen LogP contribution in [-0.2, 0) is 0 Å². The molecule has 5 heteroatoms. The molecule has 1 saturated heterocycles. The van der Waals surface area contributed by atoms with Gasteiger partial charge in [0.25, 0.3) is 5.91 Å². The lowest BCUT2D eigenvalue weighted by molar-refractivity contribution is 0.0753. The molecule has 3 rings (SSSR count). The minimum absolute atomic E-state index is 0.0164. The Morgan fingerprint density at radius 1 is 1.12 bits per heavy atom. The lowest BCUT2D eigenvalue weighted by atomic mass is 10.0. The van der Waals surface area contributed by atoms with Crippen LogP contribution in [0.1, 0.15) is 32.4 Å². The average Bonchev–Trinajstić information content (AvgIpc) is 3.09. The molecule has 0 radical (unpaired) electrons. The Hall–Kier alpha value is -2.14. The van der Waals surface area contributed by atoms with Crippen molar-refractivity contribution < 1.29 is 14.3 Å². The van der Waals surface area contributed by atoms with Crippen LogP contribution in [0.25, 0.3) is 0 Å². The Balaban J connectivity index is 1.99. The van der Waals surface area contributed by atoms with Crippen molar-refractivity contribution in [3.8, 4) is 11.5 Å². The van der Waals surface area contributed by atoms with Crippen LogP contribution in [0.3, 0.4) is 0 Å². The first-order valence-electron chi connectivity index (χ1n) is 8.27. The molecule has 1 fully saturated rings. The number of rotatable bonds is 4. The zero-order valence-electron chi connectivity index (χ0n) is 15.0. The number of carbonyl (C=O) groups is 1. The highest BCUT2D eigenvalue weighted by atomic mass is 32.2. The summed E-state index contributed by atoms with van der Waals surface area (Å²) in [6.07, 6.45) is 0. The topological polar surface area (TPSA) is 38.8 Å². The van der Waals surface area contributed by atoms with Gasteiger partial charge in [0.05, 0.1) is 14.2 Å². The predicted octanol–water partition coefficient (Wildman–Crippen LogP) is 4.21. The molecule has 132 valence electrons. The van der Waals surface area contributed by atoms with Crippen LogP contribution in [0.2, 0.25) is 0 Å². The van der Waals surface area contributed by atoms with E-state index in [4.69, 9.17) is 9.47 Å². The summed E-state index contributed by atoms with van der Waals surface area (Å²) in [4.78, 5) is 15.2. The van der Waals surface area contributed by atoms with Gasteiger partial charge in [-0.1, -0.05) is 29.8 Å². The van der Waals surface area contributed by atoms with Gasteiger partial charge in [-0.15, -0.1) is 11.8 Å². The fourth-order valence-electron chi connectivity index (χ4n) is 3.24. The Labute approximate surface area is 153 Å². The molecule has 0 aliphatic carbocycles. The Morgan fingerprint density at radius 2 is 1.80 bits per heavy atom. The Kier molecular flexibility index (Phi) is 5.23. The van der Waals surface area contributed by atoms with Crippen LogP contribution in [-0.4, -0.2) is 37.3 Å². The van der Waals surface area contributed by atoms with Gasteiger partial charge in [0, 0.05) is 12.3 Å². The summed E-state index contributed by atoms with van der Waals surface area (Å²) >= 11 is 1.80. The number of carbonyl (C=O) groups excluding carboxylic acids is 1. The second-order valence-corrected chi connectivity index (χ2v) is 7.31. The fraction of sp³-hybridized carbons (Fsp3) is 0.350. The third-order valence-corrected chi connectivity index (χ3v) is 5.73. The number of nitrogens with zero attached hydrogens (tertiary/aromatic N) is 1. The van der Waals surface area contributed by atoms with E-state index in [1.54, 1.807) is 38.1 Å². The van der Waals surface area contributed by atoms with Crippen molar-refractivity contribution in [1.82, 2.24) is 4.90 Å². The van der Waals surface area contributed by atoms with Gasteiger partial charge in [0.15, 0.2) is 0 Å². The van der Waals surface area contributed by atoms with Crippen molar-refractivity contribution >= 4 is 17.7 Å². The maximum Gasteiger partial charge on any atom is 0.262 e. The van der Waals surface area contributed by atoms with E-state index >= 15 is 0 Å². The molecule has 0 bridgehead atoms. The molecule has 2 aromatic rings. The maximum absolute atomic E-state index is 13.3. The Bertz CT molecular complexity index is 768. The SMILES string of the molecule is COc1cccc(OC)c1C(=O)N1CCS[C@@H]1c1ccc(C)cc1C. The van der Waals surface area contributed by atoms with E-state index in [9.17, 15) is 4.79 Å². The van der Waals surface area contributed by atoms with E-state index in [2.05, 4.69) is 32.0 Å². The molecule has 0 unspecified atom stereocenters. The minimum atomic E-state index is -0.0516. The molecule has 25 heavy (non-hydrogen) atoms. The van der Waals surface area contributed by atoms with Crippen LogP contribution in [0.4, 0.5) is 0 Å². The standard InChI is InChI=1S/C20H23NO3S/c1-13-8-9-15(14(2)12-13)20-21(10-11-25-20)19(22)18-16(23-3)6-5-7-17(18)24-4/h5-9,12,20H,10-11H2,1-4H3/t20-/m1/s1. The van der Waals surface area contributed by atoms with Crippen molar-refractivity contribution in [3.63, 3.8) is 0 Å². The van der Waals surface area contributed by atoms with Gasteiger partial charge >= 0.3 is 0 Å². The van der Waals surface area contributed by atoms with Crippen molar-refractivity contribution in [1.29, 1.82) is 0 Å². The van der Waals surface area contributed by atoms with Gasteiger partial charge in [-0.05, 0) is 37.1 Å². The Morgan fingerprint density at radius 3 is 2.40 bits per heavy atom. The molecule has 0 spiro atoms. The average molecular weight is 357 g/mol. The third kappa shape index (κ3) is 3.33. The molecule has 0 N–H and O–H groups in total. The van der Waals surface area contributed by atoms with E-state index in [1.165, 1.54) is 16.7 Å². The summed E-state index contributed by atoms with van der Waals surface area (Å²) in [6.45, 7) is 4.90. The largest absolute Gasteiger partial charge is 0.496 e. The van der Waals surface area contributed by atoms with Gasteiger partial charge in [-0.2, -0.15) is 0 Å². The number of benzene rings is 2. The minimum Gasteiger partial charge on any atom is -0.496 e. The summed E-state index contributed by atoms with van der Waals surface area (Å²) in [6, 6.07) is 11.8. The van der Waals surface area contributed by atoms with Gasteiger partial charge in [0.1, 0.15) is 22.4 Å². The van der Waals surface area contributed by atoms with E-state index in [-0.39, 0.29) is 11.3 Å². The van der Waals surface area contributed by atoms with Crippen molar-refractivity contribution in [2.45, 2.75) is 19.2 Å². The predicted molar refractivity (Wildman–Crippen MR) is 102 cm³/mol. The zero-order chi connectivity index (χ0) is 18.0. The summed E-state index contributed by atoms with van der Waals surface area (Å²) in [5.41, 5.74) is 4.12. The normalized spacial score (nSPS) is 16.8. The summed E-state index contributed by atoms with van der Waals surface area (Å²) in [5, 5.41) is 0.0164. The van der Waals surface area contributed by atoms with Crippen molar-refractivity contribution in [3.05, 3.63) is 58.7 Å². The zero-order valence-corrected chi connectivity index (χ0v) is 15.9. The molecule has 1 heterocycles. The van der Waals surface area contributed by atoms with E-state index in [0.29, 0.717) is 23.6 Å². The highest BCUT2D eigenvalue weighted by Crippen LogP contribution is 2.42. The number of aryl methyl sites for hydroxylation is 2. The first-order valence-corrected chi connectivity index (χ1v) is 9.32.